The summed E-state index contributed by atoms with van der Waals surface area (Å²) in [5.41, 5.74) is 32.9. The van der Waals surface area contributed by atoms with Crippen LogP contribution in [0.2, 0.25) is 0 Å². The third-order valence-corrected chi connectivity index (χ3v) is 20.7. The van der Waals surface area contributed by atoms with Crippen LogP contribution in [0.4, 0.5) is 0 Å². The summed E-state index contributed by atoms with van der Waals surface area (Å²) in [4.78, 5) is 253. The van der Waals surface area contributed by atoms with Crippen molar-refractivity contribution in [3.05, 3.63) is 114 Å². The molecule has 41 heteroatoms. The number of H-pyrrole nitrogens is 1. The number of carbonyl (C=O) groups excluding carboxylic acids is 18. The topological polar surface area (TPSA) is 665 Å². The Hall–Kier alpha value is -12.8. The molecule has 6 rings (SSSR count). The van der Waals surface area contributed by atoms with Crippen LogP contribution in [0.5, 0.6) is 5.75 Å². The smallest absolute Gasteiger partial charge is 0.246 e. The van der Waals surface area contributed by atoms with Crippen LogP contribution >= 0.6 is 11.8 Å². The molecular weight excluding hydrogens is 1610 g/mol. The lowest BCUT2D eigenvalue weighted by atomic mass is 9.88. The summed E-state index contributed by atoms with van der Waals surface area (Å²) in [5, 5.41) is 46.6. The van der Waals surface area contributed by atoms with Gasteiger partial charge in [-0.2, -0.15) is 11.8 Å². The summed E-state index contributed by atoms with van der Waals surface area (Å²) >= 11 is 0.922. The third kappa shape index (κ3) is 32.1. The van der Waals surface area contributed by atoms with Gasteiger partial charge in [0.1, 0.15) is 84.4 Å². The van der Waals surface area contributed by atoms with Crippen LogP contribution in [0, 0.1) is 5.92 Å². The summed E-state index contributed by atoms with van der Waals surface area (Å²) in [6.45, 7) is 8.68. The molecule has 4 aromatic carbocycles. The van der Waals surface area contributed by atoms with Crippen molar-refractivity contribution in [1.82, 2.24) is 74.1 Å². The first-order chi connectivity index (χ1) is 57.7. The van der Waals surface area contributed by atoms with Crippen LogP contribution < -0.4 is 108 Å². The average Bonchev–Trinajstić information content (AvgIpc) is 1.29. The SMILES string of the molecule is CC(=O)NCCCC[C@H](NC(=O)[C@](C)(CC(C)C)NC(=O)[C@H](Cc1ccc2ccccc2c1)NC(=O)[C@H](Cc1ccc(OCCN)cc1)NC(=O)[C@@H]1CSCC[C@H](NC(C)=O)C(=O)N[C@@H](CCC(N)=O)C(=O)N[C@@H]([C@@H](C)O)C(=O)N[C@@H](Cc2c[nH]c3ccccc23)C(=O)N[C@@H](CCC(N)=O)C(=O)N1)C(=O)N[C@@H](CC(N)=O)C(=O)N[C@@H](CC(N)=O)C(N)=O. The van der Waals surface area contributed by atoms with Crippen molar-refractivity contribution in [3.63, 3.8) is 0 Å². The minimum atomic E-state index is -2.03. The molecule has 5 aromatic rings. The van der Waals surface area contributed by atoms with Crippen LogP contribution in [-0.2, 0) is 106 Å². The highest BCUT2D eigenvalue weighted by Gasteiger charge is 2.43. The molecular formula is C81H112N20O20S. The predicted molar refractivity (Wildman–Crippen MR) is 447 cm³/mol. The largest absolute Gasteiger partial charge is 0.492 e. The monoisotopic (exact) mass is 1720 g/mol. The Labute approximate surface area is 707 Å². The van der Waals surface area contributed by atoms with Crippen molar-refractivity contribution in [2.24, 2.45) is 40.3 Å². The second-order valence-electron chi connectivity index (χ2n) is 30.4. The van der Waals surface area contributed by atoms with E-state index in [1.807, 2.05) is 6.07 Å². The van der Waals surface area contributed by atoms with E-state index in [9.17, 15) is 62.6 Å². The summed E-state index contributed by atoms with van der Waals surface area (Å²) in [7, 11) is 0. The number of thioether (sulfide) groups is 1. The summed E-state index contributed by atoms with van der Waals surface area (Å²) in [6.07, 6.45) is -5.26. The van der Waals surface area contributed by atoms with Gasteiger partial charge in [0.25, 0.3) is 0 Å². The Morgan fingerprint density at radius 3 is 1.75 bits per heavy atom. The second-order valence-corrected chi connectivity index (χ2v) is 31.6. The molecule has 1 aliphatic rings. The lowest BCUT2D eigenvalue weighted by Crippen LogP contribution is -2.65. The van der Waals surface area contributed by atoms with Gasteiger partial charge in [0, 0.05) is 81.9 Å². The number of hydrogen-bond acceptors (Lipinski definition) is 22. The van der Waals surface area contributed by atoms with Gasteiger partial charge in [-0.1, -0.05) is 86.6 Å². The molecule has 0 spiro atoms. The van der Waals surface area contributed by atoms with Crippen LogP contribution in [0.25, 0.3) is 21.7 Å². The van der Waals surface area contributed by atoms with Gasteiger partial charge in [-0.05, 0) is 116 Å². The lowest BCUT2D eigenvalue weighted by Gasteiger charge is -2.35. The standard InChI is InChI=1S/C81H112N20O20S/c1-42(2)39-81(6,80(120)99-54(17-11-12-30-88-44(4)103)70(110)96-62(38-67(86)108)76(116)93-58(69(87)109)37-66(85)107)101-78(118)60(35-47-18-21-48-13-7-8-14-49(48)33-47)95-74(114)59(34-46-19-22-51(23-20-46)121-31-29-82)94-77(117)63-41-122-32-28-57(90-45(5)104)72(112)91-56(25-27-65(84)106)73(113)100-68(43(3)102)79(119)97-61(36-50-40-89-53-16-10-9-15-52(50)53)75(115)92-55(71(111)98-63)24-26-64(83)105/h7-10,13-16,18-23,33,40,42-43,54-63,68,89,102H,11-12,17,24-32,34-39,41,82H2,1-6H3,(H2,83,105)(H2,84,106)(H2,85,107)(H2,86,108)(H2,87,109)(H,88,103)(H,90,104)(H,91,112)(H,92,115)(H,93,116)(H,94,117)(H,95,114)(H,96,110)(H,97,119)(H,98,111)(H,99,120)(H,100,113)(H,101,118)/t43-,54+,55+,56+,57+,58+,59+,60+,61+,62+,63+,68+,81+/m1/s1. The normalized spacial score (nSPS) is 18.8. The van der Waals surface area contributed by atoms with Crippen molar-refractivity contribution in [1.29, 1.82) is 0 Å². The van der Waals surface area contributed by atoms with Crippen LogP contribution in [0.1, 0.15) is 129 Å². The number of aromatic amines is 1. The first kappa shape index (κ1) is 98.0. The number of fused-ring (bicyclic) bond motifs is 2. The van der Waals surface area contributed by atoms with E-state index in [-0.39, 0.29) is 76.3 Å². The van der Waals surface area contributed by atoms with Gasteiger partial charge < -0.3 is 118 Å². The maximum absolute atomic E-state index is 15.8. The molecule has 1 fully saturated rings. The van der Waals surface area contributed by atoms with Crippen molar-refractivity contribution < 1.29 is 96.1 Å². The molecule has 0 unspecified atom stereocenters. The summed E-state index contributed by atoms with van der Waals surface area (Å²) in [6, 6.07) is 6.70. The number of amides is 18. The molecule has 0 radical (unpaired) electrons. The molecule has 40 nitrogen and oxygen atoms in total. The van der Waals surface area contributed by atoms with Crippen LogP contribution in [0.3, 0.4) is 0 Å². The Balaban J connectivity index is 1.46. The van der Waals surface area contributed by atoms with Gasteiger partial charge in [-0.15, -0.1) is 0 Å². The van der Waals surface area contributed by atoms with E-state index in [2.05, 4.69) is 74.1 Å². The number of ether oxygens (including phenoxy) is 1. The maximum atomic E-state index is 15.8. The summed E-state index contributed by atoms with van der Waals surface area (Å²) in [5.74, 6) is -18.9. The number of nitrogens with one attached hydrogen (secondary N) is 14. The molecule has 122 heavy (non-hydrogen) atoms. The number of rotatable bonds is 41. The van der Waals surface area contributed by atoms with Crippen molar-refractivity contribution >= 4 is 140 Å². The van der Waals surface area contributed by atoms with Gasteiger partial charge in [-0.3, -0.25) is 86.3 Å². The molecule has 0 saturated carbocycles. The number of primary amides is 5. The Kier molecular flexibility index (Phi) is 38.5. The van der Waals surface area contributed by atoms with Crippen molar-refractivity contribution in [2.75, 3.05) is 31.2 Å². The van der Waals surface area contributed by atoms with Crippen LogP contribution in [-0.4, -0.2) is 226 Å². The highest BCUT2D eigenvalue weighted by Crippen LogP contribution is 2.24. The van der Waals surface area contributed by atoms with E-state index in [4.69, 9.17) is 39.1 Å². The molecule has 2 heterocycles. The zero-order valence-corrected chi connectivity index (χ0v) is 69.6. The molecule has 0 bridgehead atoms. The Bertz CT molecular complexity index is 4600. The van der Waals surface area contributed by atoms with E-state index in [1.165, 1.54) is 13.8 Å². The maximum Gasteiger partial charge on any atom is 0.246 e. The highest BCUT2D eigenvalue weighted by molar-refractivity contribution is 7.99. The van der Waals surface area contributed by atoms with Crippen LogP contribution in [0.15, 0.2) is 97.2 Å². The first-order valence-electron chi connectivity index (χ1n) is 39.7. The van der Waals surface area contributed by atoms with Gasteiger partial charge in [0.2, 0.25) is 106 Å². The van der Waals surface area contributed by atoms with Crippen molar-refractivity contribution in [3.8, 4) is 5.75 Å². The number of benzene rings is 4. The third-order valence-electron chi connectivity index (χ3n) is 19.6. The van der Waals surface area contributed by atoms with E-state index in [0.717, 1.165) is 31.0 Å². The van der Waals surface area contributed by atoms with Gasteiger partial charge in [-0.25, -0.2) is 0 Å². The fourth-order valence-electron chi connectivity index (χ4n) is 13.5. The lowest BCUT2D eigenvalue weighted by molar-refractivity contribution is -0.138. The van der Waals surface area contributed by atoms with Crippen molar-refractivity contribution in [2.45, 2.75) is 210 Å². The number of aromatic nitrogens is 1. The van der Waals surface area contributed by atoms with E-state index >= 15 is 28.8 Å². The van der Waals surface area contributed by atoms with Gasteiger partial charge in [0.15, 0.2) is 0 Å². The molecule has 662 valence electrons. The van der Waals surface area contributed by atoms with Gasteiger partial charge in [0.05, 0.1) is 18.9 Å². The second kappa shape index (κ2) is 47.9. The molecule has 27 N–H and O–H groups in total. The average molecular weight is 1720 g/mol. The number of para-hydroxylation sites is 1. The summed E-state index contributed by atoms with van der Waals surface area (Å²) < 4.78 is 5.73. The van der Waals surface area contributed by atoms with E-state index in [1.54, 1.807) is 105 Å². The number of aliphatic hydroxyl groups is 1. The number of nitrogens with two attached hydrogens (primary N) is 6. The molecule has 0 aliphatic carbocycles. The molecule has 1 aromatic heterocycles. The molecule has 1 saturated heterocycles. The number of hydrogen-bond donors (Lipinski definition) is 21. The minimum Gasteiger partial charge on any atom is -0.492 e. The Morgan fingerprint density at radius 2 is 1.14 bits per heavy atom. The predicted octanol–water partition coefficient (Wildman–Crippen LogP) is -4.45. The fraction of sp³-hybridized carbons (Fsp3) is 0.481. The zero-order chi connectivity index (χ0) is 90.1. The van der Waals surface area contributed by atoms with E-state index < -0.39 is 235 Å². The highest BCUT2D eigenvalue weighted by atomic mass is 32.2. The van der Waals surface area contributed by atoms with Gasteiger partial charge >= 0.3 is 0 Å². The molecule has 13 atom stereocenters. The first-order valence-corrected chi connectivity index (χ1v) is 40.9. The number of aliphatic hydroxyl groups excluding tert-OH is 1. The minimum absolute atomic E-state index is 0.112. The zero-order valence-electron chi connectivity index (χ0n) is 68.8. The Morgan fingerprint density at radius 1 is 0.582 bits per heavy atom. The molecule has 1 aliphatic heterocycles. The quantitative estimate of drug-likeness (QED) is 0.0164. The fourth-order valence-corrected chi connectivity index (χ4v) is 14.5. The van der Waals surface area contributed by atoms with E-state index in [0.29, 0.717) is 38.7 Å². The molecule has 18 amide bonds. The number of carbonyl (C=O) groups is 18. The number of unbranched alkanes of at least 4 members (excludes halogenated alkanes) is 1.